The minimum atomic E-state index is -0.825. The zero-order valence-corrected chi connectivity index (χ0v) is 45.0. The Morgan fingerprint density at radius 2 is 0.580 bits per heavy atom. The zero-order valence-electron chi connectivity index (χ0n) is 45.0. The van der Waals surface area contributed by atoms with Gasteiger partial charge in [0.1, 0.15) is 13.2 Å². The summed E-state index contributed by atoms with van der Waals surface area (Å²) in [5.41, 5.74) is 0. The molecule has 0 bridgehead atoms. The van der Waals surface area contributed by atoms with Crippen LogP contribution in [0.5, 0.6) is 0 Å². The highest BCUT2D eigenvalue weighted by Crippen LogP contribution is 2.13. The molecule has 69 heavy (non-hydrogen) atoms. The predicted octanol–water partition coefficient (Wildman–Crippen LogP) is 19.3. The van der Waals surface area contributed by atoms with Crippen molar-refractivity contribution < 1.29 is 28.6 Å². The van der Waals surface area contributed by atoms with E-state index in [0.717, 1.165) is 96.3 Å². The molecule has 0 spiro atoms. The number of esters is 3. The lowest BCUT2D eigenvalue weighted by Gasteiger charge is -2.18. The van der Waals surface area contributed by atoms with Gasteiger partial charge in [0.2, 0.25) is 0 Å². The summed E-state index contributed by atoms with van der Waals surface area (Å²) in [6.07, 6.45) is 75.4. The Kier molecular flexibility index (Phi) is 53.9. The third-order valence-electron chi connectivity index (χ3n) is 12.1. The first-order valence-corrected chi connectivity index (χ1v) is 28.8. The lowest BCUT2D eigenvalue weighted by atomic mass is 10.1. The van der Waals surface area contributed by atoms with Gasteiger partial charge in [0.15, 0.2) is 6.10 Å². The smallest absolute Gasteiger partial charge is 0.306 e. The van der Waals surface area contributed by atoms with Crippen LogP contribution in [0, 0.1) is 0 Å². The van der Waals surface area contributed by atoms with Gasteiger partial charge in [-0.1, -0.05) is 234 Å². The summed E-state index contributed by atoms with van der Waals surface area (Å²) < 4.78 is 16.8. The van der Waals surface area contributed by atoms with Gasteiger partial charge in [0, 0.05) is 19.3 Å². The fraction of sp³-hybridized carbons (Fsp3) is 0.698. The van der Waals surface area contributed by atoms with Crippen LogP contribution in [0.15, 0.2) is 97.2 Å². The summed E-state index contributed by atoms with van der Waals surface area (Å²) >= 11 is 0. The molecule has 0 aliphatic rings. The van der Waals surface area contributed by atoms with E-state index in [1.807, 2.05) is 0 Å². The van der Waals surface area contributed by atoms with E-state index in [4.69, 9.17) is 14.2 Å². The first-order valence-electron chi connectivity index (χ1n) is 28.8. The van der Waals surface area contributed by atoms with Crippen LogP contribution >= 0.6 is 0 Å². The van der Waals surface area contributed by atoms with Crippen molar-refractivity contribution in [2.75, 3.05) is 13.2 Å². The first-order chi connectivity index (χ1) is 34.0. The van der Waals surface area contributed by atoms with E-state index in [1.54, 1.807) is 0 Å². The Morgan fingerprint density at radius 3 is 0.986 bits per heavy atom. The molecule has 0 saturated carbocycles. The van der Waals surface area contributed by atoms with E-state index in [1.165, 1.54) is 122 Å². The molecule has 394 valence electrons. The molecule has 0 heterocycles. The molecule has 0 radical (unpaired) electrons. The molecule has 0 fully saturated rings. The van der Waals surface area contributed by atoms with Crippen molar-refractivity contribution in [1.82, 2.24) is 0 Å². The molecule has 1 unspecified atom stereocenters. The third-order valence-corrected chi connectivity index (χ3v) is 12.1. The van der Waals surface area contributed by atoms with Crippen molar-refractivity contribution in [3.05, 3.63) is 97.2 Å². The van der Waals surface area contributed by atoms with Gasteiger partial charge in [-0.15, -0.1) is 0 Å². The highest BCUT2D eigenvalue weighted by molar-refractivity contribution is 5.71. The number of unbranched alkanes of at least 4 members (excludes halogenated alkanes) is 26. The maximum absolute atomic E-state index is 12.8. The lowest BCUT2D eigenvalue weighted by Crippen LogP contribution is -2.30. The van der Waals surface area contributed by atoms with Gasteiger partial charge in [-0.2, -0.15) is 0 Å². The summed E-state index contributed by atoms with van der Waals surface area (Å²) in [5, 5.41) is 0. The molecule has 0 amide bonds. The van der Waals surface area contributed by atoms with Crippen molar-refractivity contribution in [3.8, 4) is 0 Å². The van der Waals surface area contributed by atoms with Crippen LogP contribution in [0.3, 0.4) is 0 Å². The SMILES string of the molecule is CCCCC/C=C\C/C=C\C/C=C\C/C=C\CCCC(=O)OC(COC(=O)CCCCC/C=C\C=C/CCCCCCCCC)COC(=O)CCCCCCC/C=C\C=C/CCCCCCCCC. The van der Waals surface area contributed by atoms with Crippen LogP contribution in [-0.2, 0) is 28.6 Å². The van der Waals surface area contributed by atoms with Gasteiger partial charge in [0.25, 0.3) is 0 Å². The number of rotatable bonds is 51. The van der Waals surface area contributed by atoms with Gasteiger partial charge >= 0.3 is 17.9 Å². The molecule has 0 saturated heterocycles. The summed E-state index contributed by atoms with van der Waals surface area (Å²) in [6.45, 7) is 6.52. The fourth-order valence-corrected chi connectivity index (χ4v) is 7.71. The first kappa shape index (κ1) is 65.3. The quantitative estimate of drug-likeness (QED) is 0.0199. The van der Waals surface area contributed by atoms with E-state index in [9.17, 15) is 14.4 Å². The average Bonchev–Trinajstić information content (AvgIpc) is 3.35. The highest BCUT2D eigenvalue weighted by Gasteiger charge is 2.19. The molecular formula is C63H106O6. The monoisotopic (exact) mass is 959 g/mol. The second-order valence-corrected chi connectivity index (χ2v) is 18.9. The van der Waals surface area contributed by atoms with Crippen LogP contribution in [-0.4, -0.2) is 37.2 Å². The number of hydrogen-bond acceptors (Lipinski definition) is 6. The molecule has 0 aliphatic carbocycles. The molecule has 6 heteroatoms. The Morgan fingerprint density at radius 1 is 0.304 bits per heavy atom. The molecule has 0 rings (SSSR count). The van der Waals surface area contributed by atoms with E-state index in [0.29, 0.717) is 19.3 Å². The van der Waals surface area contributed by atoms with Gasteiger partial charge < -0.3 is 14.2 Å². The molecule has 1 atom stereocenters. The molecule has 0 N–H and O–H groups in total. The number of hydrogen-bond donors (Lipinski definition) is 0. The van der Waals surface area contributed by atoms with Crippen molar-refractivity contribution in [3.63, 3.8) is 0 Å². The molecular weight excluding hydrogens is 853 g/mol. The van der Waals surface area contributed by atoms with Gasteiger partial charge in [0.05, 0.1) is 0 Å². The van der Waals surface area contributed by atoms with Crippen molar-refractivity contribution in [2.24, 2.45) is 0 Å². The summed E-state index contributed by atoms with van der Waals surface area (Å²) in [6, 6.07) is 0. The summed E-state index contributed by atoms with van der Waals surface area (Å²) in [5.74, 6) is -1.01. The highest BCUT2D eigenvalue weighted by atomic mass is 16.6. The Labute approximate surface area is 426 Å². The molecule has 0 aromatic carbocycles. The van der Waals surface area contributed by atoms with Crippen LogP contribution in [0.1, 0.15) is 265 Å². The van der Waals surface area contributed by atoms with Crippen LogP contribution < -0.4 is 0 Å². The summed E-state index contributed by atoms with van der Waals surface area (Å²) in [7, 11) is 0. The molecule has 6 nitrogen and oxygen atoms in total. The molecule has 0 aromatic heterocycles. The van der Waals surface area contributed by atoms with E-state index < -0.39 is 6.10 Å². The van der Waals surface area contributed by atoms with Gasteiger partial charge in [-0.05, 0) is 109 Å². The largest absolute Gasteiger partial charge is 0.462 e. The van der Waals surface area contributed by atoms with Crippen molar-refractivity contribution in [2.45, 2.75) is 271 Å². The topological polar surface area (TPSA) is 78.9 Å². The Hall–Kier alpha value is -3.67. The van der Waals surface area contributed by atoms with E-state index in [-0.39, 0.29) is 37.5 Å². The maximum Gasteiger partial charge on any atom is 0.306 e. The van der Waals surface area contributed by atoms with E-state index >= 15 is 0 Å². The van der Waals surface area contributed by atoms with Crippen molar-refractivity contribution in [1.29, 1.82) is 0 Å². The molecule has 0 aliphatic heterocycles. The lowest BCUT2D eigenvalue weighted by molar-refractivity contribution is -0.167. The maximum atomic E-state index is 12.8. The zero-order chi connectivity index (χ0) is 50.0. The standard InChI is InChI=1S/C63H106O6/c1-4-7-10-13-16-19-22-25-28-31-33-35-38-41-44-47-50-53-56-62(65)68-59-60(58-67-61(64)55-52-49-46-43-40-37-34-30-27-24-21-18-15-12-9-6-3)69-63(66)57-54-51-48-45-42-39-36-32-29-26-23-20-17-14-11-8-5-2/h17,20,26,28-31,33-37,39-40,45,48,60H,4-16,18-19,21-25,27,32,38,41-44,46-47,49-59H2,1-3H3/b20-17-,29-26-,31-28-,34-30-,35-33-,39-36-,40-37-,48-45-. The average molecular weight is 960 g/mol. The van der Waals surface area contributed by atoms with Gasteiger partial charge in [-0.25, -0.2) is 0 Å². The number of allylic oxidation sites excluding steroid dienone is 16. The van der Waals surface area contributed by atoms with Crippen molar-refractivity contribution >= 4 is 17.9 Å². The Balaban J connectivity index is 4.55. The number of carbonyl (C=O) groups excluding carboxylic acids is 3. The van der Waals surface area contributed by atoms with E-state index in [2.05, 4.69) is 118 Å². The normalized spacial score (nSPS) is 12.8. The number of ether oxygens (including phenoxy) is 3. The van der Waals surface area contributed by atoms with Gasteiger partial charge in [-0.3, -0.25) is 14.4 Å². The summed E-state index contributed by atoms with van der Waals surface area (Å²) in [4.78, 5) is 38.1. The second-order valence-electron chi connectivity index (χ2n) is 18.9. The van der Waals surface area contributed by atoms with Crippen LogP contribution in [0.25, 0.3) is 0 Å². The fourth-order valence-electron chi connectivity index (χ4n) is 7.71. The third kappa shape index (κ3) is 55.1. The minimum absolute atomic E-state index is 0.116. The molecule has 0 aromatic rings. The second kappa shape index (κ2) is 56.9. The van der Waals surface area contributed by atoms with Crippen LogP contribution in [0.2, 0.25) is 0 Å². The number of carbonyl (C=O) groups is 3. The predicted molar refractivity (Wildman–Crippen MR) is 297 cm³/mol. The Bertz CT molecular complexity index is 1380. The van der Waals surface area contributed by atoms with Crippen LogP contribution in [0.4, 0.5) is 0 Å². The minimum Gasteiger partial charge on any atom is -0.462 e.